The van der Waals surface area contributed by atoms with E-state index in [4.69, 9.17) is 66.5 Å². The van der Waals surface area contributed by atoms with Gasteiger partial charge in [-0.3, -0.25) is 0 Å². The molecule has 0 nitrogen and oxygen atoms in total. The van der Waals surface area contributed by atoms with Crippen LogP contribution in [0.5, 0.6) is 0 Å². The van der Waals surface area contributed by atoms with Crippen molar-refractivity contribution in [3.63, 3.8) is 0 Å². The molecular weight excluding hydrogens is 940 g/mol. The van der Waals surface area contributed by atoms with E-state index in [2.05, 4.69) is 113 Å². The van der Waals surface area contributed by atoms with Gasteiger partial charge < -0.3 is 0 Å². The minimum atomic E-state index is -4.22. The summed E-state index contributed by atoms with van der Waals surface area (Å²) in [5.41, 5.74) is 15.2. The number of rotatable bonds is 16. The third-order valence-electron chi connectivity index (χ3n) is 12.0. The van der Waals surface area contributed by atoms with Crippen molar-refractivity contribution in [3.05, 3.63) is 79.9 Å². The van der Waals surface area contributed by atoms with Crippen LogP contribution in [0.3, 0.4) is 0 Å². The van der Waals surface area contributed by atoms with Crippen molar-refractivity contribution in [3.8, 4) is 0 Å². The van der Waals surface area contributed by atoms with E-state index >= 15 is 0 Å². The van der Waals surface area contributed by atoms with Crippen molar-refractivity contribution >= 4 is 122 Å². The van der Waals surface area contributed by atoms with Crippen molar-refractivity contribution in [2.75, 3.05) is 0 Å². The Morgan fingerprint density at radius 2 is 0.885 bits per heavy atom. The summed E-state index contributed by atoms with van der Waals surface area (Å²) in [4.78, 5) is 0. The van der Waals surface area contributed by atoms with Crippen molar-refractivity contribution in [2.45, 2.75) is 146 Å². The molecule has 2 unspecified atom stereocenters. The molecule has 0 radical (unpaired) electrons. The predicted octanol–water partition coefficient (Wildman–Crippen LogP) is 16.6. The Morgan fingerprint density at radius 3 is 1.15 bits per heavy atom. The first-order valence-corrected chi connectivity index (χ1v) is 41.6. The number of hydrogen-bond donors (Lipinski definition) is 0. The SMILES string of the molecule is CC1=Cc2c(C(C)C)cc(C(C)C)cc2[CH]1[Zr](=[SiH2])([CH2]CCC[Si](Cl)(Cl)Cl)([CH2]CCC[Si](Cl)(Cl)Cl)[CH]1C(C)=Cc2c(C(C)C)cc(C(C)C)cc21.Cl.Cl. The largest absolute Gasteiger partial charge is 0.147 e. The van der Waals surface area contributed by atoms with Gasteiger partial charge in [0, 0.05) is 0 Å². The quantitative estimate of drug-likeness (QED) is 0.0893. The maximum Gasteiger partial charge on any atom is -0.147 e. The van der Waals surface area contributed by atoms with E-state index in [0.29, 0.717) is 43.0 Å². The van der Waals surface area contributed by atoms with E-state index < -0.39 is 29.4 Å². The molecule has 0 bridgehead atoms. The summed E-state index contributed by atoms with van der Waals surface area (Å²) in [5.74, 6) is 1.81. The van der Waals surface area contributed by atoms with Crippen LogP contribution in [0.25, 0.3) is 12.2 Å². The van der Waals surface area contributed by atoms with Crippen LogP contribution < -0.4 is 0 Å². The predicted molar refractivity (Wildman–Crippen MR) is 249 cm³/mol. The van der Waals surface area contributed by atoms with Crippen LogP contribution in [-0.2, 0) is 17.4 Å². The molecule has 0 saturated carbocycles. The maximum atomic E-state index is 6.52. The number of hydrogen-bond acceptors (Lipinski definition) is 0. The molecular formula is C40H62Cl8Si3Zr. The maximum absolute atomic E-state index is 6.52. The van der Waals surface area contributed by atoms with Gasteiger partial charge in [0.05, 0.1) is 0 Å². The minimum Gasteiger partial charge on any atom is -0.147 e. The molecule has 2 aromatic rings. The standard InChI is InChI=1S/2C16H21.2C4H8Cl3Si.2ClH.H2Si.Zr/c2*1-10(2)13-8-14-6-12(5)7-16(14)15(9-13)11(3)4;2*1-2-3-4-8(5,6)7;;;;/h2*6-11H,1-5H3;2*1-4H2;2*1H;1H2;. The molecule has 0 amide bonds. The number of allylic oxidation sites excluding steroid dienone is 2. The summed E-state index contributed by atoms with van der Waals surface area (Å²) < 4.78 is 3.33. The van der Waals surface area contributed by atoms with Gasteiger partial charge in [0.1, 0.15) is 0 Å². The van der Waals surface area contributed by atoms with Gasteiger partial charge in [-0.25, -0.2) is 0 Å². The van der Waals surface area contributed by atoms with Crippen LogP contribution in [0.2, 0.25) is 20.3 Å². The molecule has 0 spiro atoms. The molecule has 0 saturated heterocycles. The first-order chi connectivity index (χ1) is 23.0. The van der Waals surface area contributed by atoms with Gasteiger partial charge in [0.2, 0.25) is 0 Å². The Bertz CT molecular complexity index is 1580. The number of fused-ring (bicyclic) bond motifs is 2. The topological polar surface area (TPSA) is 0 Å². The van der Waals surface area contributed by atoms with Gasteiger partial charge in [-0.15, -0.1) is 24.8 Å². The van der Waals surface area contributed by atoms with Crippen LogP contribution in [0.4, 0.5) is 0 Å². The summed E-state index contributed by atoms with van der Waals surface area (Å²) >= 11 is 34.9. The van der Waals surface area contributed by atoms with E-state index in [-0.39, 0.29) is 24.8 Å². The van der Waals surface area contributed by atoms with Gasteiger partial charge in [-0.1, -0.05) is 0 Å². The molecule has 2 aromatic carbocycles. The number of unbranched alkanes of at least 4 members (excludes halogenated alkanes) is 2. The van der Waals surface area contributed by atoms with Crippen LogP contribution in [0.15, 0.2) is 35.4 Å². The van der Waals surface area contributed by atoms with Gasteiger partial charge in [-0.05, 0) is 0 Å². The smallest absolute Gasteiger partial charge is 0.147 e. The third-order valence-corrected chi connectivity index (χ3v) is 45.7. The summed E-state index contributed by atoms with van der Waals surface area (Å²) in [6.45, 7) is 26.3. The fourth-order valence-corrected chi connectivity index (χ4v) is 44.5. The van der Waals surface area contributed by atoms with Crippen molar-refractivity contribution in [1.82, 2.24) is 0 Å². The second-order valence-corrected chi connectivity index (χ2v) is 62.4. The number of benzene rings is 2. The molecule has 12 heteroatoms. The molecule has 0 N–H and O–H groups in total. The van der Waals surface area contributed by atoms with E-state index in [0.717, 1.165) is 25.7 Å². The monoisotopic (exact) mass is 996 g/mol. The third kappa shape index (κ3) is 11.1. The molecule has 52 heavy (non-hydrogen) atoms. The zero-order valence-electron chi connectivity index (χ0n) is 32.9. The van der Waals surface area contributed by atoms with E-state index in [1.54, 1.807) is 22.3 Å². The van der Waals surface area contributed by atoms with Crippen LogP contribution >= 0.6 is 91.3 Å². The summed E-state index contributed by atoms with van der Waals surface area (Å²) in [6.07, 6.45) is 9.28. The molecule has 2 aliphatic carbocycles. The van der Waals surface area contributed by atoms with Gasteiger partial charge in [-0.2, -0.15) is 0 Å². The zero-order chi connectivity index (χ0) is 37.6. The van der Waals surface area contributed by atoms with Gasteiger partial charge >= 0.3 is 341 Å². The fourth-order valence-electron chi connectivity index (χ4n) is 9.74. The summed E-state index contributed by atoms with van der Waals surface area (Å²) in [7, 11) is 0. The Morgan fingerprint density at radius 1 is 0.558 bits per heavy atom. The molecule has 2 aliphatic rings. The summed E-state index contributed by atoms with van der Waals surface area (Å²) in [5, 5.41) is 0. The molecule has 0 heterocycles. The Hall–Kier alpha value is 1.77. The molecule has 294 valence electrons. The molecule has 0 aliphatic heterocycles. The van der Waals surface area contributed by atoms with Crippen molar-refractivity contribution < 1.29 is 17.4 Å². The Labute approximate surface area is 361 Å². The molecule has 4 rings (SSSR count). The average molecular weight is 1000 g/mol. The van der Waals surface area contributed by atoms with E-state index in [9.17, 15) is 0 Å². The van der Waals surface area contributed by atoms with Crippen LogP contribution in [0, 0.1) is 0 Å². The van der Waals surface area contributed by atoms with E-state index in [1.165, 1.54) is 41.6 Å². The minimum absolute atomic E-state index is 0. The normalized spacial score (nSPS) is 17.7. The van der Waals surface area contributed by atoms with Gasteiger partial charge in [0.25, 0.3) is 0 Å². The molecule has 0 aromatic heterocycles. The second kappa shape index (κ2) is 19.2. The van der Waals surface area contributed by atoms with E-state index in [1.807, 2.05) is 0 Å². The molecule has 0 fully saturated rings. The van der Waals surface area contributed by atoms with Gasteiger partial charge in [0.15, 0.2) is 0 Å². The van der Waals surface area contributed by atoms with Crippen LogP contribution in [0.1, 0.15) is 170 Å². The Kier molecular flexibility index (Phi) is 18.5. The summed E-state index contributed by atoms with van der Waals surface area (Å²) in [6, 6.07) is 6.18. The average Bonchev–Trinajstić information content (AvgIpc) is 3.51. The first-order valence-electron chi connectivity index (χ1n) is 18.9. The first kappa shape index (κ1) is 49.9. The zero-order valence-corrected chi connectivity index (χ0v) is 44.9. The second-order valence-electron chi connectivity index (χ2n) is 17.3. The molecule has 2 atom stereocenters. The fraction of sp³-hybridized carbons (Fsp3) is 0.600. The number of halogens is 8. The van der Waals surface area contributed by atoms with Crippen molar-refractivity contribution in [1.29, 1.82) is 0 Å². The van der Waals surface area contributed by atoms with Crippen LogP contribution in [-0.4, -0.2) is 18.9 Å². The Balaban J connectivity index is 0.00000468. The van der Waals surface area contributed by atoms with Crippen molar-refractivity contribution in [2.24, 2.45) is 0 Å².